The third-order valence-corrected chi connectivity index (χ3v) is 4.08. The number of carbonyl (C=O) groups is 2. The highest BCUT2D eigenvalue weighted by Crippen LogP contribution is 2.19. The van der Waals surface area contributed by atoms with Gasteiger partial charge in [0.1, 0.15) is 0 Å². The van der Waals surface area contributed by atoms with Crippen molar-refractivity contribution in [2.45, 2.75) is 25.7 Å². The number of halogens is 1. The van der Waals surface area contributed by atoms with Crippen molar-refractivity contribution in [3.63, 3.8) is 0 Å². The molecule has 0 spiro atoms. The average molecular weight is 305 g/mol. The molecule has 0 N–H and O–H groups in total. The van der Waals surface area contributed by atoms with E-state index in [-0.39, 0.29) is 18.1 Å². The number of aryl methyl sites for hydroxylation is 1. The summed E-state index contributed by atoms with van der Waals surface area (Å²) < 4.78 is 0. The molecule has 5 heteroatoms. The lowest BCUT2D eigenvalue weighted by atomic mass is 9.98. The molecule has 1 aromatic rings. The molecule has 1 aliphatic heterocycles. The molecule has 0 aromatic heterocycles. The van der Waals surface area contributed by atoms with Crippen LogP contribution in [0.25, 0.3) is 0 Å². The van der Waals surface area contributed by atoms with E-state index in [1.807, 2.05) is 24.3 Å². The zero-order valence-electron chi connectivity index (χ0n) is 11.7. The van der Waals surface area contributed by atoms with Gasteiger partial charge in [0, 0.05) is 24.5 Å². The quantitative estimate of drug-likeness (QED) is 0.786. The van der Waals surface area contributed by atoms with Gasteiger partial charge in [-0.15, -0.1) is 0 Å². The summed E-state index contributed by atoms with van der Waals surface area (Å²) in [5, 5.41) is 9.74. The van der Waals surface area contributed by atoms with Crippen LogP contribution >= 0.6 is 11.6 Å². The second-order valence-electron chi connectivity index (χ2n) is 5.15. The van der Waals surface area contributed by atoms with Crippen LogP contribution in [0.5, 0.6) is 0 Å². The lowest BCUT2D eigenvalue weighted by Gasteiger charge is -2.18. The first-order chi connectivity index (χ1) is 10.1. The van der Waals surface area contributed by atoms with Gasteiger partial charge in [-0.3, -0.25) is 9.59 Å². The first-order valence-electron chi connectivity index (χ1n) is 7.08. The third kappa shape index (κ3) is 3.83. The maximum absolute atomic E-state index is 12.2. The molecule has 1 heterocycles. The van der Waals surface area contributed by atoms with E-state index in [0.717, 1.165) is 18.4 Å². The van der Waals surface area contributed by atoms with E-state index in [9.17, 15) is 9.59 Å². The second-order valence-corrected chi connectivity index (χ2v) is 5.56. The summed E-state index contributed by atoms with van der Waals surface area (Å²) in [6.45, 7) is 1.30. The average Bonchev–Trinajstić information content (AvgIpc) is 3.01. The SMILES string of the molecule is N#C[C@@H](C(=O)CCc1ccccc1Cl)C(=O)N1CCCC1. The number of nitriles is 1. The number of rotatable bonds is 5. The van der Waals surface area contributed by atoms with Crippen LogP contribution in [0.15, 0.2) is 24.3 Å². The van der Waals surface area contributed by atoms with E-state index >= 15 is 0 Å². The predicted molar refractivity (Wildman–Crippen MR) is 79.7 cm³/mol. The van der Waals surface area contributed by atoms with Crippen LogP contribution in [-0.4, -0.2) is 29.7 Å². The Kier molecular flexibility index (Phi) is 5.35. The molecule has 2 rings (SSSR count). The molecule has 1 fully saturated rings. The minimum Gasteiger partial charge on any atom is -0.341 e. The Morgan fingerprint density at radius 2 is 1.95 bits per heavy atom. The zero-order chi connectivity index (χ0) is 15.2. The first-order valence-corrected chi connectivity index (χ1v) is 7.46. The van der Waals surface area contributed by atoms with Gasteiger partial charge in [0.25, 0.3) is 0 Å². The minimum absolute atomic E-state index is 0.154. The summed E-state index contributed by atoms with van der Waals surface area (Å²) in [7, 11) is 0. The number of carbonyl (C=O) groups excluding carboxylic acids is 2. The Morgan fingerprint density at radius 1 is 1.29 bits per heavy atom. The largest absolute Gasteiger partial charge is 0.341 e. The minimum atomic E-state index is -1.18. The van der Waals surface area contributed by atoms with E-state index in [0.29, 0.717) is 24.5 Å². The zero-order valence-corrected chi connectivity index (χ0v) is 12.5. The van der Waals surface area contributed by atoms with Gasteiger partial charge in [0.05, 0.1) is 6.07 Å². The molecule has 0 radical (unpaired) electrons. The van der Waals surface area contributed by atoms with Crippen molar-refractivity contribution in [3.8, 4) is 6.07 Å². The molecule has 0 aliphatic carbocycles. The number of amides is 1. The Bertz CT molecular complexity index is 574. The van der Waals surface area contributed by atoms with Gasteiger partial charge in [0.2, 0.25) is 5.91 Å². The van der Waals surface area contributed by atoms with Crippen LogP contribution in [0.2, 0.25) is 5.02 Å². The Morgan fingerprint density at radius 3 is 2.57 bits per heavy atom. The number of Topliss-reactive ketones (excluding diaryl/α,β-unsaturated/α-hetero) is 1. The van der Waals surface area contributed by atoms with Crippen molar-refractivity contribution in [1.82, 2.24) is 4.90 Å². The molecule has 1 aromatic carbocycles. The van der Waals surface area contributed by atoms with Gasteiger partial charge in [-0.05, 0) is 30.9 Å². The van der Waals surface area contributed by atoms with Crippen molar-refractivity contribution in [1.29, 1.82) is 5.26 Å². The summed E-state index contributed by atoms with van der Waals surface area (Å²) in [6.07, 6.45) is 2.49. The fourth-order valence-electron chi connectivity index (χ4n) is 2.49. The van der Waals surface area contributed by atoms with Crippen molar-refractivity contribution in [2.24, 2.45) is 5.92 Å². The normalized spacial score (nSPS) is 15.5. The van der Waals surface area contributed by atoms with Crippen LogP contribution in [0.4, 0.5) is 0 Å². The summed E-state index contributed by atoms with van der Waals surface area (Å²) >= 11 is 6.04. The van der Waals surface area contributed by atoms with Crippen molar-refractivity contribution < 1.29 is 9.59 Å². The highest BCUT2D eigenvalue weighted by atomic mass is 35.5. The number of benzene rings is 1. The topological polar surface area (TPSA) is 61.2 Å². The molecule has 1 atom stereocenters. The molecular weight excluding hydrogens is 288 g/mol. The maximum atomic E-state index is 12.2. The van der Waals surface area contributed by atoms with Crippen molar-refractivity contribution in [3.05, 3.63) is 34.9 Å². The van der Waals surface area contributed by atoms with E-state index in [1.54, 1.807) is 11.0 Å². The van der Waals surface area contributed by atoms with Crippen LogP contribution in [0, 0.1) is 17.2 Å². The molecule has 0 unspecified atom stereocenters. The fourth-order valence-corrected chi connectivity index (χ4v) is 2.72. The van der Waals surface area contributed by atoms with Crippen LogP contribution in [0.1, 0.15) is 24.8 Å². The van der Waals surface area contributed by atoms with Gasteiger partial charge in [0.15, 0.2) is 11.7 Å². The van der Waals surface area contributed by atoms with Gasteiger partial charge < -0.3 is 4.90 Å². The number of nitrogens with zero attached hydrogens (tertiary/aromatic N) is 2. The van der Waals surface area contributed by atoms with Gasteiger partial charge in [-0.25, -0.2) is 0 Å². The summed E-state index contributed by atoms with van der Waals surface area (Å²) in [6, 6.07) is 9.14. The first kappa shape index (κ1) is 15.5. The maximum Gasteiger partial charge on any atom is 0.247 e. The molecule has 110 valence electrons. The summed E-state index contributed by atoms with van der Waals surface area (Å²) in [5.74, 6) is -1.85. The standard InChI is InChI=1S/C16H17ClN2O2/c17-14-6-2-1-5-12(14)7-8-15(20)13(11-18)16(21)19-9-3-4-10-19/h1-2,5-6,13H,3-4,7-10H2/t13-/m0/s1. The molecule has 4 nitrogen and oxygen atoms in total. The molecule has 1 aliphatic rings. The van der Waals surface area contributed by atoms with Crippen LogP contribution in [-0.2, 0) is 16.0 Å². The van der Waals surface area contributed by atoms with Gasteiger partial charge in [-0.1, -0.05) is 29.8 Å². The number of ketones is 1. The number of hydrogen-bond acceptors (Lipinski definition) is 3. The van der Waals surface area contributed by atoms with E-state index in [1.165, 1.54) is 0 Å². The van der Waals surface area contributed by atoms with E-state index < -0.39 is 5.92 Å². The van der Waals surface area contributed by atoms with Crippen LogP contribution in [0.3, 0.4) is 0 Å². The second kappa shape index (κ2) is 7.24. The monoisotopic (exact) mass is 304 g/mol. The molecule has 0 saturated carbocycles. The van der Waals surface area contributed by atoms with E-state index in [4.69, 9.17) is 16.9 Å². The molecular formula is C16H17ClN2O2. The Balaban J connectivity index is 1.96. The van der Waals surface area contributed by atoms with Crippen LogP contribution < -0.4 is 0 Å². The van der Waals surface area contributed by atoms with Crippen molar-refractivity contribution in [2.75, 3.05) is 13.1 Å². The lowest BCUT2D eigenvalue weighted by Crippen LogP contribution is -2.37. The lowest BCUT2D eigenvalue weighted by molar-refractivity contribution is -0.138. The molecule has 21 heavy (non-hydrogen) atoms. The van der Waals surface area contributed by atoms with Gasteiger partial charge in [-0.2, -0.15) is 5.26 Å². The summed E-state index contributed by atoms with van der Waals surface area (Å²) in [5.41, 5.74) is 0.859. The number of hydrogen-bond donors (Lipinski definition) is 0. The molecule has 1 saturated heterocycles. The summed E-state index contributed by atoms with van der Waals surface area (Å²) in [4.78, 5) is 25.9. The number of likely N-dealkylation sites (tertiary alicyclic amines) is 1. The molecule has 1 amide bonds. The van der Waals surface area contributed by atoms with E-state index in [2.05, 4.69) is 0 Å². The fraction of sp³-hybridized carbons (Fsp3) is 0.438. The highest BCUT2D eigenvalue weighted by molar-refractivity contribution is 6.31. The van der Waals surface area contributed by atoms with Gasteiger partial charge >= 0.3 is 0 Å². The smallest absolute Gasteiger partial charge is 0.247 e. The third-order valence-electron chi connectivity index (χ3n) is 3.71. The Labute approximate surface area is 129 Å². The molecule has 0 bridgehead atoms. The highest BCUT2D eigenvalue weighted by Gasteiger charge is 2.31. The predicted octanol–water partition coefficient (Wildman–Crippen LogP) is 2.60. The van der Waals surface area contributed by atoms with Crippen molar-refractivity contribution >= 4 is 23.3 Å². The Hall–Kier alpha value is -1.86.